The molecule has 8 nitrogen and oxygen atoms in total. The normalized spacial score (nSPS) is 26.7. The lowest BCUT2D eigenvalue weighted by Gasteiger charge is -2.40. The average molecular weight is 395 g/mol. The summed E-state index contributed by atoms with van der Waals surface area (Å²) in [6, 6.07) is -0.873. The molecule has 0 saturated carbocycles. The number of rotatable bonds is 10. The third-order valence-electron chi connectivity index (χ3n) is 6.47. The van der Waals surface area contributed by atoms with Gasteiger partial charge in [0.25, 0.3) is 0 Å². The van der Waals surface area contributed by atoms with Crippen molar-refractivity contribution in [2.24, 2.45) is 0 Å². The Kier molecular flexibility index (Phi) is 6.72. The second kappa shape index (κ2) is 8.49. The van der Waals surface area contributed by atoms with Gasteiger partial charge in [-0.1, -0.05) is 45.4 Å². The number of unbranched alkanes of at least 4 members (excludes halogenated alkanes) is 6. The molecule has 2 fully saturated rings. The molecule has 2 saturated heterocycles. The van der Waals surface area contributed by atoms with Gasteiger partial charge in [-0.25, -0.2) is 14.5 Å². The van der Waals surface area contributed by atoms with Gasteiger partial charge in [0.2, 0.25) is 5.91 Å². The third-order valence-corrected chi connectivity index (χ3v) is 6.47. The number of nitrogens with one attached hydrogen (secondary N) is 1. The van der Waals surface area contributed by atoms with Crippen LogP contribution in [0.15, 0.2) is 0 Å². The van der Waals surface area contributed by atoms with Crippen LogP contribution in [0.25, 0.3) is 0 Å². The highest BCUT2D eigenvalue weighted by molar-refractivity contribution is 6.07. The largest absolute Gasteiger partial charge is 0.330 e. The van der Waals surface area contributed by atoms with Crippen LogP contribution in [0, 0.1) is 0 Å². The van der Waals surface area contributed by atoms with E-state index >= 15 is 0 Å². The lowest BCUT2D eigenvalue weighted by Crippen LogP contribution is -2.64. The molecular formula is C20H34N4O4. The maximum Gasteiger partial charge on any atom is 0.330 e. The Balaban J connectivity index is 1.92. The van der Waals surface area contributed by atoms with E-state index in [9.17, 15) is 19.2 Å². The highest BCUT2D eigenvalue weighted by atomic mass is 16.2. The smallest absolute Gasteiger partial charge is 0.311 e. The van der Waals surface area contributed by atoms with Crippen molar-refractivity contribution in [1.82, 2.24) is 20.0 Å². The molecule has 1 N–H and O–H groups in total. The lowest BCUT2D eigenvalue weighted by molar-refractivity contribution is -0.137. The van der Waals surface area contributed by atoms with Gasteiger partial charge < -0.3 is 15.1 Å². The highest BCUT2D eigenvalue weighted by Gasteiger charge is 2.70. The summed E-state index contributed by atoms with van der Waals surface area (Å²) in [5, 5.41) is 2.74. The number of hydrogen-bond acceptors (Lipinski definition) is 4. The summed E-state index contributed by atoms with van der Waals surface area (Å²) in [6.45, 7) is 5.56. The molecule has 8 heteroatoms. The van der Waals surface area contributed by atoms with Gasteiger partial charge in [-0.2, -0.15) is 0 Å². The van der Waals surface area contributed by atoms with E-state index in [0.717, 1.165) is 24.2 Å². The maximum absolute atomic E-state index is 12.8. The van der Waals surface area contributed by atoms with Crippen molar-refractivity contribution in [3.8, 4) is 0 Å². The average Bonchev–Trinajstić information content (AvgIpc) is 2.90. The van der Waals surface area contributed by atoms with E-state index in [1.807, 2.05) is 0 Å². The van der Waals surface area contributed by atoms with Gasteiger partial charge in [0.15, 0.2) is 11.3 Å². The minimum absolute atomic E-state index is 0.163. The minimum Gasteiger partial charge on any atom is -0.311 e. The molecule has 0 spiro atoms. The molecule has 0 radical (unpaired) electrons. The van der Waals surface area contributed by atoms with Crippen molar-refractivity contribution in [3.05, 3.63) is 0 Å². The van der Waals surface area contributed by atoms with Crippen molar-refractivity contribution in [1.29, 1.82) is 0 Å². The molecule has 5 amide bonds. The summed E-state index contributed by atoms with van der Waals surface area (Å²) in [4.78, 5) is 53.8. The Bertz CT molecular complexity index is 652. The molecule has 2 heterocycles. The van der Waals surface area contributed by atoms with Gasteiger partial charge in [0, 0.05) is 20.5 Å². The fourth-order valence-corrected chi connectivity index (χ4v) is 4.25. The van der Waals surface area contributed by atoms with Crippen LogP contribution in [0.5, 0.6) is 0 Å². The highest BCUT2D eigenvalue weighted by Crippen LogP contribution is 2.44. The van der Waals surface area contributed by atoms with Gasteiger partial charge >= 0.3 is 12.1 Å². The van der Waals surface area contributed by atoms with Crippen LogP contribution < -0.4 is 5.32 Å². The van der Waals surface area contributed by atoms with Crippen LogP contribution in [0.3, 0.4) is 0 Å². The van der Waals surface area contributed by atoms with Crippen molar-refractivity contribution in [3.63, 3.8) is 0 Å². The minimum atomic E-state index is -1.22. The SMILES string of the molecule is CCCCCCCCCC(=O)CC(=O)N1C(=O)N(C)[C@@]2(C)N(C)C(=O)N[C@@]12C. The molecule has 2 aliphatic heterocycles. The monoisotopic (exact) mass is 394 g/mol. The number of urea groups is 2. The number of likely N-dealkylation sites (N-methyl/N-ethyl adjacent to an activating group) is 2. The van der Waals surface area contributed by atoms with Crippen molar-refractivity contribution >= 4 is 23.8 Å². The number of imide groups is 1. The zero-order chi connectivity index (χ0) is 21.1. The molecular weight excluding hydrogens is 360 g/mol. The van der Waals surface area contributed by atoms with Gasteiger partial charge in [-0.05, 0) is 20.3 Å². The first kappa shape index (κ1) is 22.2. The van der Waals surface area contributed by atoms with E-state index < -0.39 is 23.3 Å². The van der Waals surface area contributed by atoms with E-state index in [2.05, 4.69) is 12.2 Å². The quantitative estimate of drug-likeness (QED) is 0.455. The number of amides is 5. The summed E-state index contributed by atoms with van der Waals surface area (Å²) in [5.74, 6) is -0.726. The van der Waals surface area contributed by atoms with Gasteiger partial charge in [0.1, 0.15) is 5.78 Å². The fraction of sp³-hybridized carbons (Fsp3) is 0.800. The number of ketones is 1. The number of carbonyl (C=O) groups is 4. The summed E-state index contributed by atoms with van der Waals surface area (Å²) >= 11 is 0. The van der Waals surface area contributed by atoms with Gasteiger partial charge in [0.05, 0.1) is 6.42 Å². The number of nitrogens with zero attached hydrogens (tertiary/aromatic N) is 3. The number of carbonyl (C=O) groups excluding carboxylic acids is 4. The third kappa shape index (κ3) is 3.61. The molecule has 0 unspecified atom stereocenters. The first-order valence-electron chi connectivity index (χ1n) is 10.3. The van der Waals surface area contributed by atoms with E-state index in [1.54, 1.807) is 27.9 Å². The fourth-order valence-electron chi connectivity index (χ4n) is 4.25. The standard InChI is InChI=1S/C20H34N4O4/c1-6-7-8-9-10-11-12-13-15(25)14-16(26)24-18(28)23(5)20(3)19(24,2)21-17(27)22(20)4/h6-14H2,1-5H3,(H,21,27)/t19-,20+/m0/s1. The predicted molar refractivity (Wildman–Crippen MR) is 105 cm³/mol. The molecule has 2 aliphatic rings. The molecule has 0 aromatic heterocycles. The summed E-state index contributed by atoms with van der Waals surface area (Å²) in [6.07, 6.45) is 7.73. The van der Waals surface area contributed by atoms with Gasteiger partial charge in [-0.3, -0.25) is 9.59 Å². The topological polar surface area (TPSA) is 90.0 Å². The zero-order valence-electron chi connectivity index (χ0n) is 17.8. The Morgan fingerprint density at radius 1 is 0.929 bits per heavy atom. The zero-order valence-corrected chi connectivity index (χ0v) is 17.8. The van der Waals surface area contributed by atoms with Crippen LogP contribution in [0.4, 0.5) is 9.59 Å². The number of hydrogen-bond donors (Lipinski definition) is 1. The first-order chi connectivity index (χ1) is 13.1. The predicted octanol–water partition coefficient (Wildman–Crippen LogP) is 3.07. The van der Waals surface area contributed by atoms with Crippen LogP contribution in [0.1, 0.15) is 78.6 Å². The summed E-state index contributed by atoms with van der Waals surface area (Å²) in [5.41, 5.74) is -2.24. The number of Topliss-reactive ketones (excluding diaryl/α,β-unsaturated/α-hetero) is 1. The Morgan fingerprint density at radius 2 is 1.50 bits per heavy atom. The van der Waals surface area contributed by atoms with Crippen LogP contribution >= 0.6 is 0 Å². The summed E-state index contributed by atoms with van der Waals surface area (Å²) in [7, 11) is 3.15. The Morgan fingerprint density at radius 3 is 2.11 bits per heavy atom. The molecule has 158 valence electrons. The molecule has 0 aliphatic carbocycles. The Labute approximate surface area is 167 Å². The van der Waals surface area contributed by atoms with Crippen molar-refractivity contribution in [2.75, 3.05) is 14.1 Å². The second-order valence-electron chi connectivity index (χ2n) is 8.24. The molecule has 28 heavy (non-hydrogen) atoms. The second-order valence-corrected chi connectivity index (χ2v) is 8.24. The molecule has 0 aromatic rings. The molecule has 2 atom stereocenters. The van der Waals surface area contributed by atoms with Crippen molar-refractivity contribution in [2.45, 2.75) is 89.9 Å². The van der Waals surface area contributed by atoms with E-state index in [1.165, 1.54) is 35.5 Å². The van der Waals surface area contributed by atoms with Crippen LogP contribution in [-0.4, -0.2) is 63.9 Å². The Hall–Kier alpha value is -2.12. The van der Waals surface area contributed by atoms with Gasteiger partial charge in [-0.15, -0.1) is 0 Å². The van der Waals surface area contributed by atoms with Crippen LogP contribution in [0.2, 0.25) is 0 Å². The van der Waals surface area contributed by atoms with E-state index in [0.29, 0.717) is 6.42 Å². The van der Waals surface area contributed by atoms with Crippen LogP contribution in [-0.2, 0) is 9.59 Å². The summed E-state index contributed by atoms with van der Waals surface area (Å²) < 4.78 is 0. The number of fused-ring (bicyclic) bond motifs is 1. The molecule has 0 aromatic carbocycles. The van der Waals surface area contributed by atoms with E-state index in [-0.39, 0.29) is 18.2 Å². The molecule has 0 bridgehead atoms. The molecule has 2 rings (SSSR count). The first-order valence-corrected chi connectivity index (χ1v) is 10.3. The lowest BCUT2D eigenvalue weighted by atomic mass is 9.96. The van der Waals surface area contributed by atoms with E-state index in [4.69, 9.17) is 0 Å². The maximum atomic E-state index is 12.8. The van der Waals surface area contributed by atoms with Crippen molar-refractivity contribution < 1.29 is 19.2 Å².